The summed E-state index contributed by atoms with van der Waals surface area (Å²) in [6.45, 7) is 2.26. The van der Waals surface area contributed by atoms with Crippen LogP contribution in [0, 0.1) is 5.92 Å². The summed E-state index contributed by atoms with van der Waals surface area (Å²) in [5, 5.41) is 0. The highest BCUT2D eigenvalue weighted by Crippen LogP contribution is 2.15. The van der Waals surface area contributed by atoms with Gasteiger partial charge in [0.25, 0.3) is 0 Å². The van der Waals surface area contributed by atoms with Gasteiger partial charge in [0, 0.05) is 0 Å². The summed E-state index contributed by atoms with van der Waals surface area (Å²) in [5.74, 6) is -1.97. The molecule has 0 spiro atoms. The van der Waals surface area contributed by atoms with Crippen molar-refractivity contribution in [3.8, 4) is 0 Å². The van der Waals surface area contributed by atoms with Crippen molar-refractivity contribution in [1.82, 2.24) is 0 Å². The maximum absolute atomic E-state index is 11.0. The molecule has 0 fully saturated rings. The third-order valence-corrected chi connectivity index (χ3v) is 4.78. The van der Waals surface area contributed by atoms with Crippen LogP contribution < -0.4 is 11.5 Å². The van der Waals surface area contributed by atoms with Gasteiger partial charge >= 0.3 is 0 Å². The zero-order valence-electron chi connectivity index (χ0n) is 15.9. The number of amides is 2. The molecule has 142 valence electrons. The van der Waals surface area contributed by atoms with Crippen LogP contribution >= 0.6 is 0 Å². The smallest absolute Gasteiger partial charge is 0.229 e. The molecule has 0 rings (SSSR count). The summed E-state index contributed by atoms with van der Waals surface area (Å²) in [6.07, 6.45) is 20.0. The van der Waals surface area contributed by atoms with E-state index < -0.39 is 17.7 Å². The van der Waals surface area contributed by atoms with Gasteiger partial charge in [-0.3, -0.25) is 9.59 Å². The summed E-state index contributed by atoms with van der Waals surface area (Å²) in [5.41, 5.74) is 10.3. The van der Waals surface area contributed by atoms with E-state index in [2.05, 4.69) is 6.92 Å². The zero-order chi connectivity index (χ0) is 18.0. The molecule has 0 aromatic carbocycles. The summed E-state index contributed by atoms with van der Waals surface area (Å²) in [7, 11) is 0. The highest BCUT2D eigenvalue weighted by molar-refractivity contribution is 5.98. The van der Waals surface area contributed by atoms with E-state index >= 15 is 0 Å². The lowest BCUT2D eigenvalue weighted by Crippen LogP contribution is -2.34. The van der Waals surface area contributed by atoms with Crippen LogP contribution in [-0.2, 0) is 9.59 Å². The van der Waals surface area contributed by atoms with Gasteiger partial charge < -0.3 is 11.5 Å². The normalized spacial score (nSPS) is 11.1. The molecule has 0 atom stereocenters. The van der Waals surface area contributed by atoms with Gasteiger partial charge in [-0.1, -0.05) is 103 Å². The van der Waals surface area contributed by atoms with Crippen molar-refractivity contribution < 1.29 is 9.59 Å². The number of unbranched alkanes of at least 4 members (excludes halogenated alkanes) is 14. The van der Waals surface area contributed by atoms with E-state index in [9.17, 15) is 9.59 Å². The fourth-order valence-electron chi connectivity index (χ4n) is 3.14. The zero-order valence-corrected chi connectivity index (χ0v) is 15.9. The molecule has 24 heavy (non-hydrogen) atoms. The Balaban J connectivity index is 3.23. The monoisotopic (exact) mass is 340 g/mol. The Bertz CT molecular complexity index is 305. The molecule has 0 saturated heterocycles. The van der Waals surface area contributed by atoms with E-state index in [1.807, 2.05) is 0 Å². The summed E-state index contributed by atoms with van der Waals surface area (Å²) >= 11 is 0. The van der Waals surface area contributed by atoms with E-state index in [1.165, 1.54) is 83.5 Å². The Hall–Kier alpha value is -1.06. The minimum atomic E-state index is -0.785. The van der Waals surface area contributed by atoms with Crippen LogP contribution in [0.2, 0.25) is 0 Å². The van der Waals surface area contributed by atoms with Crippen molar-refractivity contribution >= 4 is 11.8 Å². The molecule has 2 amide bonds. The van der Waals surface area contributed by atoms with Gasteiger partial charge in [0.2, 0.25) is 11.8 Å². The summed E-state index contributed by atoms with van der Waals surface area (Å²) < 4.78 is 0. The lowest BCUT2D eigenvalue weighted by Gasteiger charge is -2.08. The SMILES string of the molecule is CCCCCCCCCCCCCCCCCC(C(N)=O)C(N)=O. The van der Waals surface area contributed by atoms with Gasteiger partial charge in [-0.05, 0) is 6.42 Å². The summed E-state index contributed by atoms with van der Waals surface area (Å²) in [4.78, 5) is 22.1. The molecule has 0 saturated carbocycles. The number of carbonyl (C=O) groups excluding carboxylic acids is 2. The Morgan fingerprint density at radius 2 is 0.875 bits per heavy atom. The van der Waals surface area contributed by atoms with Gasteiger partial charge in [0.15, 0.2) is 0 Å². The maximum Gasteiger partial charge on any atom is 0.229 e. The van der Waals surface area contributed by atoms with E-state index in [1.54, 1.807) is 0 Å². The van der Waals surface area contributed by atoms with Crippen molar-refractivity contribution in [2.75, 3.05) is 0 Å². The van der Waals surface area contributed by atoms with E-state index in [-0.39, 0.29) is 0 Å². The number of primary amides is 2. The number of rotatable bonds is 18. The van der Waals surface area contributed by atoms with E-state index in [4.69, 9.17) is 11.5 Å². The van der Waals surface area contributed by atoms with Crippen molar-refractivity contribution in [1.29, 1.82) is 0 Å². The molecule has 0 aromatic rings. The summed E-state index contributed by atoms with van der Waals surface area (Å²) in [6, 6.07) is 0. The molecule has 4 N–H and O–H groups in total. The molecule has 0 radical (unpaired) electrons. The highest BCUT2D eigenvalue weighted by Gasteiger charge is 2.20. The van der Waals surface area contributed by atoms with Gasteiger partial charge in [0.1, 0.15) is 5.92 Å². The van der Waals surface area contributed by atoms with Crippen LogP contribution in [0.15, 0.2) is 0 Å². The third-order valence-electron chi connectivity index (χ3n) is 4.78. The quantitative estimate of drug-likeness (QED) is 0.276. The van der Waals surface area contributed by atoms with Crippen LogP contribution in [0.1, 0.15) is 110 Å². The fraction of sp³-hybridized carbons (Fsp3) is 0.900. The molecule has 4 heteroatoms. The molecule has 0 bridgehead atoms. The van der Waals surface area contributed by atoms with Crippen LogP contribution in [0.5, 0.6) is 0 Å². The number of nitrogens with two attached hydrogens (primary N) is 2. The van der Waals surface area contributed by atoms with Gasteiger partial charge in [-0.25, -0.2) is 0 Å². The Kier molecular flexibility index (Phi) is 16.0. The van der Waals surface area contributed by atoms with Crippen LogP contribution in [-0.4, -0.2) is 11.8 Å². The molecular weight excluding hydrogens is 300 g/mol. The van der Waals surface area contributed by atoms with Crippen molar-refractivity contribution in [3.63, 3.8) is 0 Å². The first-order valence-electron chi connectivity index (χ1n) is 10.2. The Labute approximate surface area is 149 Å². The molecule has 0 unspecified atom stereocenters. The fourth-order valence-corrected chi connectivity index (χ4v) is 3.14. The number of carbonyl (C=O) groups is 2. The first-order chi connectivity index (χ1) is 11.6. The number of hydrogen-bond acceptors (Lipinski definition) is 2. The van der Waals surface area contributed by atoms with Crippen molar-refractivity contribution in [2.45, 2.75) is 110 Å². The Morgan fingerprint density at radius 1 is 0.583 bits per heavy atom. The average Bonchev–Trinajstić information content (AvgIpc) is 2.53. The molecule has 0 heterocycles. The second-order valence-electron chi connectivity index (χ2n) is 7.10. The van der Waals surface area contributed by atoms with Gasteiger partial charge in [-0.15, -0.1) is 0 Å². The standard InChI is InChI=1S/C20H40N2O2/c1-2-3-4-5-6-7-8-9-10-11-12-13-14-15-16-17-18(19(21)23)20(22)24/h18H,2-17H2,1H3,(H2,21,23)(H2,22,24). The van der Waals surface area contributed by atoms with Crippen molar-refractivity contribution in [2.24, 2.45) is 17.4 Å². The first-order valence-corrected chi connectivity index (χ1v) is 10.2. The third kappa shape index (κ3) is 14.5. The molecule has 0 aliphatic carbocycles. The predicted molar refractivity (Wildman–Crippen MR) is 101 cm³/mol. The lowest BCUT2D eigenvalue weighted by atomic mass is 9.98. The topological polar surface area (TPSA) is 86.2 Å². The van der Waals surface area contributed by atoms with E-state index in [0.717, 1.165) is 12.8 Å². The molecule has 0 aliphatic heterocycles. The van der Waals surface area contributed by atoms with Crippen LogP contribution in [0.3, 0.4) is 0 Å². The van der Waals surface area contributed by atoms with Gasteiger partial charge in [-0.2, -0.15) is 0 Å². The average molecular weight is 341 g/mol. The highest BCUT2D eigenvalue weighted by atomic mass is 16.2. The lowest BCUT2D eigenvalue weighted by molar-refractivity contribution is -0.131. The molecular formula is C20H40N2O2. The molecule has 0 aliphatic rings. The minimum Gasteiger partial charge on any atom is -0.369 e. The minimum absolute atomic E-state index is 0.503. The second-order valence-corrected chi connectivity index (χ2v) is 7.10. The van der Waals surface area contributed by atoms with Crippen LogP contribution in [0.25, 0.3) is 0 Å². The largest absolute Gasteiger partial charge is 0.369 e. The predicted octanol–water partition coefficient (Wildman–Crippen LogP) is 4.83. The number of hydrogen-bond donors (Lipinski definition) is 2. The second kappa shape index (κ2) is 16.8. The van der Waals surface area contributed by atoms with Crippen molar-refractivity contribution in [3.05, 3.63) is 0 Å². The van der Waals surface area contributed by atoms with Gasteiger partial charge in [0.05, 0.1) is 0 Å². The Morgan fingerprint density at radius 3 is 1.17 bits per heavy atom. The molecule has 0 aromatic heterocycles. The van der Waals surface area contributed by atoms with Crippen LogP contribution in [0.4, 0.5) is 0 Å². The first kappa shape index (κ1) is 22.9. The van der Waals surface area contributed by atoms with E-state index in [0.29, 0.717) is 6.42 Å². The molecule has 4 nitrogen and oxygen atoms in total. The maximum atomic E-state index is 11.0.